The molecule has 6 heteroatoms. The van der Waals surface area contributed by atoms with E-state index in [-0.39, 0.29) is 11.5 Å². The number of nitrogens with one attached hydrogen (secondary N) is 1. The fraction of sp³-hybridized carbons (Fsp3) is 0.533. The van der Waals surface area contributed by atoms with Gasteiger partial charge in [-0.2, -0.15) is 0 Å². The number of hydrogen-bond acceptors (Lipinski definition) is 4. The largest absolute Gasteiger partial charge is 0.458 e. The van der Waals surface area contributed by atoms with E-state index < -0.39 is 29.3 Å². The molecule has 5 nitrogen and oxygen atoms in total. The van der Waals surface area contributed by atoms with Crippen molar-refractivity contribution < 1.29 is 18.7 Å². The minimum absolute atomic E-state index is 0.154. The second-order valence-corrected chi connectivity index (χ2v) is 6.08. The van der Waals surface area contributed by atoms with Gasteiger partial charge in [-0.1, -0.05) is 13.8 Å². The molecule has 0 aromatic carbocycles. The Morgan fingerprint density at radius 3 is 2.43 bits per heavy atom. The number of nitrogens with zero attached hydrogens (tertiary/aromatic N) is 1. The van der Waals surface area contributed by atoms with E-state index >= 15 is 0 Å². The Hall–Kier alpha value is -1.98. The van der Waals surface area contributed by atoms with Crippen molar-refractivity contribution in [3.05, 3.63) is 29.8 Å². The summed E-state index contributed by atoms with van der Waals surface area (Å²) >= 11 is 0. The van der Waals surface area contributed by atoms with Crippen LogP contribution in [0.2, 0.25) is 0 Å². The number of aromatic nitrogens is 1. The number of ether oxygens (including phenoxy) is 1. The fourth-order valence-corrected chi connectivity index (χ4v) is 1.64. The molecule has 1 atom stereocenters. The second kappa shape index (κ2) is 6.65. The first-order valence-corrected chi connectivity index (χ1v) is 6.75. The molecule has 0 aliphatic rings. The summed E-state index contributed by atoms with van der Waals surface area (Å²) in [6, 6.07) is 0.418. The molecule has 0 aliphatic carbocycles. The van der Waals surface area contributed by atoms with E-state index in [0.717, 1.165) is 6.20 Å². The molecule has 0 spiro atoms. The molecule has 0 unspecified atom stereocenters. The molecule has 1 rings (SSSR count). The molecule has 116 valence electrons. The zero-order valence-corrected chi connectivity index (χ0v) is 12.9. The van der Waals surface area contributed by atoms with E-state index in [1.54, 1.807) is 34.6 Å². The second-order valence-electron chi connectivity index (χ2n) is 6.08. The number of carbonyl (C=O) groups is 2. The predicted octanol–water partition coefficient (Wildman–Crippen LogP) is 2.32. The van der Waals surface area contributed by atoms with Crippen molar-refractivity contribution in [2.24, 2.45) is 5.92 Å². The van der Waals surface area contributed by atoms with Crippen LogP contribution in [0.15, 0.2) is 18.5 Å². The van der Waals surface area contributed by atoms with Gasteiger partial charge in [0.25, 0.3) is 5.91 Å². The third-order valence-electron chi connectivity index (χ3n) is 2.63. The van der Waals surface area contributed by atoms with Crippen LogP contribution in [0.5, 0.6) is 0 Å². The van der Waals surface area contributed by atoms with Crippen molar-refractivity contribution in [1.29, 1.82) is 0 Å². The highest BCUT2D eigenvalue weighted by Gasteiger charge is 2.30. The Labute approximate surface area is 123 Å². The average Bonchev–Trinajstić information content (AvgIpc) is 2.33. The Morgan fingerprint density at radius 1 is 1.33 bits per heavy atom. The van der Waals surface area contributed by atoms with Crippen LogP contribution < -0.4 is 5.32 Å². The number of esters is 1. The predicted molar refractivity (Wildman–Crippen MR) is 76.1 cm³/mol. The van der Waals surface area contributed by atoms with E-state index in [1.165, 1.54) is 12.3 Å². The van der Waals surface area contributed by atoms with Gasteiger partial charge in [0, 0.05) is 6.20 Å². The van der Waals surface area contributed by atoms with Crippen LogP contribution in [0.25, 0.3) is 0 Å². The molecule has 0 saturated carbocycles. The molecule has 0 aliphatic heterocycles. The number of amides is 1. The molecule has 1 aromatic heterocycles. The summed E-state index contributed by atoms with van der Waals surface area (Å²) in [6.07, 6.45) is 2.27. The minimum atomic E-state index is -0.843. The smallest absolute Gasteiger partial charge is 0.329 e. The van der Waals surface area contributed by atoms with Crippen LogP contribution in [-0.4, -0.2) is 28.5 Å². The first-order valence-electron chi connectivity index (χ1n) is 6.75. The van der Waals surface area contributed by atoms with Crippen LogP contribution >= 0.6 is 0 Å². The van der Waals surface area contributed by atoms with E-state index in [0.29, 0.717) is 0 Å². The highest BCUT2D eigenvalue weighted by molar-refractivity contribution is 5.97. The van der Waals surface area contributed by atoms with Crippen molar-refractivity contribution in [2.45, 2.75) is 46.3 Å². The lowest BCUT2D eigenvalue weighted by Crippen LogP contribution is -2.47. The van der Waals surface area contributed by atoms with E-state index in [1.807, 2.05) is 0 Å². The van der Waals surface area contributed by atoms with Crippen LogP contribution in [0.1, 0.15) is 45.0 Å². The highest BCUT2D eigenvalue weighted by Crippen LogP contribution is 2.13. The van der Waals surface area contributed by atoms with Crippen molar-refractivity contribution in [2.75, 3.05) is 0 Å². The molecular formula is C15H21FN2O3. The number of pyridine rings is 1. The van der Waals surface area contributed by atoms with Crippen LogP contribution in [0.3, 0.4) is 0 Å². The van der Waals surface area contributed by atoms with Gasteiger partial charge in [0.2, 0.25) is 0 Å². The van der Waals surface area contributed by atoms with Crippen LogP contribution in [0, 0.1) is 11.7 Å². The van der Waals surface area contributed by atoms with Gasteiger partial charge in [0.05, 0.1) is 11.8 Å². The summed E-state index contributed by atoms with van der Waals surface area (Å²) in [4.78, 5) is 27.8. The first-order chi connectivity index (χ1) is 9.61. The van der Waals surface area contributed by atoms with E-state index in [4.69, 9.17) is 4.74 Å². The molecule has 1 heterocycles. The minimum Gasteiger partial charge on any atom is -0.458 e. The van der Waals surface area contributed by atoms with Crippen molar-refractivity contribution >= 4 is 11.9 Å². The number of halogens is 1. The average molecular weight is 296 g/mol. The highest BCUT2D eigenvalue weighted by atomic mass is 19.1. The third kappa shape index (κ3) is 5.13. The van der Waals surface area contributed by atoms with Gasteiger partial charge in [0.1, 0.15) is 11.6 Å². The number of hydrogen-bond donors (Lipinski definition) is 1. The maximum Gasteiger partial charge on any atom is 0.329 e. The summed E-state index contributed by atoms with van der Waals surface area (Å²) in [7, 11) is 0. The van der Waals surface area contributed by atoms with Gasteiger partial charge in [-0.3, -0.25) is 9.78 Å². The Morgan fingerprint density at radius 2 is 1.95 bits per heavy atom. The summed E-state index contributed by atoms with van der Waals surface area (Å²) in [5.74, 6) is -2.13. The van der Waals surface area contributed by atoms with E-state index in [2.05, 4.69) is 10.3 Å². The summed E-state index contributed by atoms with van der Waals surface area (Å²) in [5.41, 5.74) is -0.809. The van der Waals surface area contributed by atoms with Crippen LogP contribution in [0.4, 0.5) is 4.39 Å². The van der Waals surface area contributed by atoms with Gasteiger partial charge in [-0.15, -0.1) is 0 Å². The van der Waals surface area contributed by atoms with Gasteiger partial charge in [-0.25, -0.2) is 9.18 Å². The summed E-state index contributed by atoms with van der Waals surface area (Å²) in [5, 5.41) is 2.51. The SMILES string of the molecule is CC(C)[C@@H](NC(=O)c1ccncc1F)C(=O)OC(C)(C)C. The molecule has 0 bridgehead atoms. The molecule has 1 N–H and O–H groups in total. The Kier molecular flexibility index (Phi) is 5.41. The molecule has 21 heavy (non-hydrogen) atoms. The van der Waals surface area contributed by atoms with Gasteiger partial charge >= 0.3 is 5.97 Å². The summed E-state index contributed by atoms with van der Waals surface area (Å²) in [6.45, 7) is 8.78. The molecule has 0 radical (unpaired) electrons. The normalized spacial score (nSPS) is 12.9. The molecular weight excluding hydrogens is 275 g/mol. The maximum atomic E-state index is 13.5. The fourth-order valence-electron chi connectivity index (χ4n) is 1.64. The zero-order chi connectivity index (χ0) is 16.2. The number of rotatable bonds is 4. The topological polar surface area (TPSA) is 68.3 Å². The Balaban J connectivity index is 2.87. The Bertz CT molecular complexity index is 524. The van der Waals surface area contributed by atoms with Gasteiger partial charge < -0.3 is 10.1 Å². The molecule has 0 fully saturated rings. The summed E-state index contributed by atoms with van der Waals surface area (Å²) < 4.78 is 18.8. The lowest BCUT2D eigenvalue weighted by Gasteiger charge is -2.26. The first kappa shape index (κ1) is 17.1. The van der Waals surface area contributed by atoms with Crippen molar-refractivity contribution in [3.63, 3.8) is 0 Å². The quantitative estimate of drug-likeness (QED) is 0.866. The lowest BCUT2D eigenvalue weighted by atomic mass is 10.0. The standard InChI is InChI=1S/C15H21FN2O3/c1-9(2)12(14(20)21-15(3,4)5)18-13(19)10-6-7-17-8-11(10)16/h6-9,12H,1-5H3,(H,18,19)/t12-/m1/s1. The molecule has 1 amide bonds. The van der Waals surface area contributed by atoms with Gasteiger partial charge in [0.15, 0.2) is 5.82 Å². The van der Waals surface area contributed by atoms with Crippen molar-refractivity contribution in [1.82, 2.24) is 10.3 Å². The third-order valence-corrected chi connectivity index (χ3v) is 2.63. The molecule has 0 saturated heterocycles. The van der Waals surface area contributed by atoms with Gasteiger partial charge in [-0.05, 0) is 32.8 Å². The molecule has 1 aromatic rings. The van der Waals surface area contributed by atoms with E-state index in [9.17, 15) is 14.0 Å². The van der Waals surface area contributed by atoms with Crippen molar-refractivity contribution in [3.8, 4) is 0 Å². The maximum absolute atomic E-state index is 13.5. The monoisotopic (exact) mass is 296 g/mol. The lowest BCUT2D eigenvalue weighted by molar-refractivity contribution is -0.158. The number of carbonyl (C=O) groups excluding carboxylic acids is 2. The zero-order valence-electron chi connectivity index (χ0n) is 12.9. The van der Waals surface area contributed by atoms with Crippen LogP contribution in [-0.2, 0) is 9.53 Å².